The lowest BCUT2D eigenvalue weighted by atomic mass is 10.0. The highest BCUT2D eigenvalue weighted by atomic mass is 16.3. The summed E-state index contributed by atoms with van der Waals surface area (Å²) < 4.78 is 0. The molecule has 0 aliphatic carbocycles. The summed E-state index contributed by atoms with van der Waals surface area (Å²) in [7, 11) is 0. The van der Waals surface area contributed by atoms with Gasteiger partial charge >= 0.3 is 0 Å². The van der Waals surface area contributed by atoms with Crippen molar-refractivity contribution in [3.8, 4) is 0 Å². The van der Waals surface area contributed by atoms with Gasteiger partial charge in [-0.15, -0.1) is 0 Å². The Bertz CT molecular complexity index is 386. The highest BCUT2D eigenvalue weighted by molar-refractivity contribution is 5.94. The first-order valence-electron chi connectivity index (χ1n) is 6.98. The van der Waals surface area contributed by atoms with E-state index in [-0.39, 0.29) is 18.6 Å². The molecule has 1 aromatic carbocycles. The quantitative estimate of drug-likeness (QED) is 0.840. The Balaban J connectivity index is 1.75. The number of aliphatic hydroxyl groups is 1. The zero-order valence-electron chi connectivity index (χ0n) is 11.2. The van der Waals surface area contributed by atoms with Gasteiger partial charge in [0.25, 0.3) is 5.91 Å². The van der Waals surface area contributed by atoms with Crippen LogP contribution in [0.3, 0.4) is 0 Å². The van der Waals surface area contributed by atoms with Gasteiger partial charge in [0.2, 0.25) is 0 Å². The molecule has 4 nitrogen and oxygen atoms in total. The Labute approximate surface area is 114 Å². The van der Waals surface area contributed by atoms with Crippen LogP contribution in [0.4, 0.5) is 0 Å². The number of hydrogen-bond acceptors (Lipinski definition) is 3. The molecule has 0 bridgehead atoms. The van der Waals surface area contributed by atoms with Crippen LogP contribution in [0.15, 0.2) is 30.3 Å². The number of carbonyl (C=O) groups excluding carboxylic acids is 1. The minimum atomic E-state index is 0.0226. The van der Waals surface area contributed by atoms with Gasteiger partial charge in [0.15, 0.2) is 0 Å². The van der Waals surface area contributed by atoms with Gasteiger partial charge in [-0.2, -0.15) is 0 Å². The van der Waals surface area contributed by atoms with E-state index in [0.29, 0.717) is 0 Å². The van der Waals surface area contributed by atoms with Crippen LogP contribution in [-0.2, 0) is 0 Å². The molecule has 1 aliphatic heterocycles. The van der Waals surface area contributed by atoms with E-state index in [1.165, 1.54) is 0 Å². The van der Waals surface area contributed by atoms with Crippen molar-refractivity contribution in [2.24, 2.45) is 0 Å². The first kappa shape index (κ1) is 14.0. The van der Waals surface area contributed by atoms with Crippen LogP contribution in [0.25, 0.3) is 0 Å². The Kier molecular flexibility index (Phi) is 5.36. The van der Waals surface area contributed by atoms with E-state index in [2.05, 4.69) is 10.2 Å². The predicted molar refractivity (Wildman–Crippen MR) is 75.1 cm³/mol. The topological polar surface area (TPSA) is 52.6 Å². The molecule has 0 saturated carbocycles. The summed E-state index contributed by atoms with van der Waals surface area (Å²) >= 11 is 0. The first-order chi connectivity index (χ1) is 9.29. The van der Waals surface area contributed by atoms with Gasteiger partial charge in [-0.25, -0.2) is 0 Å². The fourth-order valence-electron chi connectivity index (χ4n) is 2.45. The monoisotopic (exact) mass is 262 g/mol. The van der Waals surface area contributed by atoms with Crippen molar-refractivity contribution in [3.05, 3.63) is 35.9 Å². The lowest BCUT2D eigenvalue weighted by molar-refractivity contribution is 0.0909. The van der Waals surface area contributed by atoms with E-state index in [1.54, 1.807) is 0 Å². The molecule has 2 rings (SSSR count). The molecular formula is C15H22N2O2. The molecule has 0 spiro atoms. The van der Waals surface area contributed by atoms with Gasteiger partial charge in [0.1, 0.15) is 0 Å². The minimum absolute atomic E-state index is 0.0226. The highest BCUT2D eigenvalue weighted by Gasteiger charge is 2.20. The summed E-state index contributed by atoms with van der Waals surface area (Å²) in [5.74, 6) is 0.0226. The van der Waals surface area contributed by atoms with Crippen molar-refractivity contribution in [2.75, 3.05) is 26.2 Å². The zero-order valence-corrected chi connectivity index (χ0v) is 11.2. The molecule has 0 radical (unpaired) electrons. The molecule has 0 unspecified atom stereocenters. The van der Waals surface area contributed by atoms with Crippen molar-refractivity contribution in [2.45, 2.75) is 25.3 Å². The number of benzene rings is 1. The van der Waals surface area contributed by atoms with E-state index in [9.17, 15) is 4.79 Å². The van der Waals surface area contributed by atoms with Crippen LogP contribution < -0.4 is 5.32 Å². The SMILES string of the molecule is O=C(NC1CCN(CCCO)CC1)c1ccccc1. The summed E-state index contributed by atoms with van der Waals surface area (Å²) in [6.45, 7) is 3.21. The maximum atomic E-state index is 12.0. The van der Waals surface area contributed by atoms with Crippen molar-refractivity contribution in [3.63, 3.8) is 0 Å². The molecule has 104 valence electrons. The predicted octanol–water partition coefficient (Wildman–Crippen LogP) is 1.26. The lowest BCUT2D eigenvalue weighted by Gasteiger charge is -2.32. The molecule has 1 aliphatic rings. The number of aliphatic hydroxyl groups excluding tert-OH is 1. The number of nitrogens with zero attached hydrogens (tertiary/aromatic N) is 1. The van der Waals surface area contributed by atoms with Gasteiger partial charge in [-0.05, 0) is 31.4 Å². The maximum absolute atomic E-state index is 12.0. The molecule has 0 aromatic heterocycles. The third-order valence-electron chi connectivity index (χ3n) is 3.59. The Morgan fingerprint density at radius 2 is 1.95 bits per heavy atom. The molecule has 19 heavy (non-hydrogen) atoms. The summed E-state index contributed by atoms with van der Waals surface area (Å²) in [6.07, 6.45) is 2.81. The van der Waals surface area contributed by atoms with E-state index < -0.39 is 0 Å². The van der Waals surface area contributed by atoms with Gasteiger partial charge in [0, 0.05) is 37.8 Å². The number of carbonyl (C=O) groups is 1. The lowest BCUT2D eigenvalue weighted by Crippen LogP contribution is -2.44. The van der Waals surface area contributed by atoms with E-state index in [4.69, 9.17) is 5.11 Å². The molecule has 1 heterocycles. The van der Waals surface area contributed by atoms with Crippen molar-refractivity contribution in [1.29, 1.82) is 0 Å². The summed E-state index contributed by atoms with van der Waals surface area (Å²) in [5, 5.41) is 11.9. The van der Waals surface area contributed by atoms with Crippen LogP contribution in [0.5, 0.6) is 0 Å². The Hall–Kier alpha value is -1.39. The van der Waals surface area contributed by atoms with Gasteiger partial charge in [-0.1, -0.05) is 18.2 Å². The second-order valence-electron chi connectivity index (χ2n) is 5.03. The van der Waals surface area contributed by atoms with Crippen LogP contribution in [0.2, 0.25) is 0 Å². The molecule has 0 atom stereocenters. The summed E-state index contributed by atoms with van der Waals surface area (Å²) in [4.78, 5) is 14.4. The standard InChI is InChI=1S/C15H22N2O2/c18-12-4-9-17-10-7-14(8-11-17)16-15(19)13-5-2-1-3-6-13/h1-3,5-6,14,18H,4,7-12H2,(H,16,19). The maximum Gasteiger partial charge on any atom is 0.251 e. The van der Waals surface area contributed by atoms with Gasteiger partial charge < -0.3 is 15.3 Å². The fraction of sp³-hybridized carbons (Fsp3) is 0.533. The van der Waals surface area contributed by atoms with Crippen molar-refractivity contribution >= 4 is 5.91 Å². The number of hydrogen-bond donors (Lipinski definition) is 2. The number of piperidine rings is 1. The molecule has 2 N–H and O–H groups in total. The molecule has 1 fully saturated rings. The second-order valence-corrected chi connectivity index (χ2v) is 5.03. The average molecular weight is 262 g/mol. The molecule has 1 saturated heterocycles. The fourth-order valence-corrected chi connectivity index (χ4v) is 2.45. The second kappa shape index (κ2) is 7.26. The molecule has 4 heteroatoms. The van der Waals surface area contributed by atoms with Crippen LogP contribution in [-0.4, -0.2) is 48.2 Å². The van der Waals surface area contributed by atoms with Crippen molar-refractivity contribution in [1.82, 2.24) is 10.2 Å². The average Bonchev–Trinajstić information content (AvgIpc) is 2.47. The highest BCUT2D eigenvalue weighted by Crippen LogP contribution is 2.11. The van der Waals surface area contributed by atoms with Crippen LogP contribution >= 0.6 is 0 Å². The van der Waals surface area contributed by atoms with Gasteiger partial charge in [0.05, 0.1) is 0 Å². The summed E-state index contributed by atoms with van der Waals surface area (Å²) in [6, 6.07) is 9.63. The first-order valence-corrected chi connectivity index (χ1v) is 6.98. The summed E-state index contributed by atoms with van der Waals surface area (Å²) in [5.41, 5.74) is 0.727. The van der Waals surface area contributed by atoms with E-state index >= 15 is 0 Å². The number of nitrogens with one attached hydrogen (secondary N) is 1. The van der Waals surface area contributed by atoms with Crippen molar-refractivity contribution < 1.29 is 9.90 Å². The molecular weight excluding hydrogens is 240 g/mol. The van der Waals surface area contributed by atoms with Crippen LogP contribution in [0.1, 0.15) is 29.6 Å². The molecule has 1 amide bonds. The zero-order chi connectivity index (χ0) is 13.5. The Morgan fingerprint density at radius 1 is 1.26 bits per heavy atom. The third kappa shape index (κ3) is 4.33. The molecule has 1 aromatic rings. The Morgan fingerprint density at radius 3 is 2.58 bits per heavy atom. The largest absolute Gasteiger partial charge is 0.396 e. The van der Waals surface area contributed by atoms with E-state index in [1.807, 2.05) is 30.3 Å². The number of rotatable bonds is 5. The number of likely N-dealkylation sites (tertiary alicyclic amines) is 1. The van der Waals surface area contributed by atoms with E-state index in [0.717, 1.165) is 44.5 Å². The smallest absolute Gasteiger partial charge is 0.251 e. The minimum Gasteiger partial charge on any atom is -0.396 e. The van der Waals surface area contributed by atoms with Crippen LogP contribution in [0, 0.1) is 0 Å². The third-order valence-corrected chi connectivity index (χ3v) is 3.59. The normalized spacial score (nSPS) is 17.3. The van der Waals surface area contributed by atoms with Gasteiger partial charge in [-0.3, -0.25) is 4.79 Å². The number of amides is 1.